The summed E-state index contributed by atoms with van der Waals surface area (Å²) in [6.45, 7) is 0.604. The number of hydrogen-bond acceptors (Lipinski definition) is 2. The molecule has 11 aromatic rings. The van der Waals surface area contributed by atoms with Crippen LogP contribution in [0.2, 0.25) is 0 Å². The number of furan rings is 1. The molecular weight excluding hydrogens is 787 g/mol. The molecule has 3 aliphatic rings. The fourth-order valence-corrected chi connectivity index (χ4v) is 12.4. The minimum atomic E-state index is -0.633. The third-order valence-corrected chi connectivity index (χ3v) is 14.9. The highest BCUT2D eigenvalue weighted by molar-refractivity contribution is 6.06. The van der Waals surface area contributed by atoms with Gasteiger partial charge in [-0.05, 0) is 114 Å². The molecule has 2 heteroatoms. The topological polar surface area (TPSA) is 16.4 Å². The fraction of sp³-hybridized carbons (Fsp3) is 0.0476. The van der Waals surface area contributed by atoms with Crippen molar-refractivity contribution in [2.24, 2.45) is 0 Å². The summed E-state index contributed by atoms with van der Waals surface area (Å²) in [5.74, 6) is 0. The van der Waals surface area contributed by atoms with Crippen LogP contribution >= 0.6 is 0 Å². The smallest absolute Gasteiger partial charge is 0.135 e. The van der Waals surface area contributed by atoms with Gasteiger partial charge in [-0.2, -0.15) is 0 Å². The first kappa shape index (κ1) is 36.3. The SMILES string of the molecule is c1ccc(N(Cc2cc3c(cc2C2(c4ccccc4)c4ccccc4-c4ccccc42)oc2ccccc23)c2cccc3c2-c2ccccc2C32c3ccccc3-c3ccccc32)cc1. The lowest BCUT2D eigenvalue weighted by Gasteiger charge is -2.37. The van der Waals surface area contributed by atoms with Gasteiger partial charge in [0.25, 0.3) is 0 Å². The molecular formula is C63H41NO. The molecule has 1 aromatic heterocycles. The summed E-state index contributed by atoms with van der Waals surface area (Å²) in [7, 11) is 0. The van der Waals surface area contributed by atoms with Gasteiger partial charge in [0.15, 0.2) is 0 Å². The number of anilines is 2. The number of nitrogens with zero attached hydrogens (tertiary/aromatic N) is 1. The van der Waals surface area contributed by atoms with Crippen molar-refractivity contribution in [2.75, 3.05) is 4.90 Å². The second kappa shape index (κ2) is 13.6. The van der Waals surface area contributed by atoms with Crippen LogP contribution in [0.25, 0.3) is 55.3 Å². The second-order valence-corrected chi connectivity index (χ2v) is 17.8. The second-order valence-electron chi connectivity index (χ2n) is 17.8. The van der Waals surface area contributed by atoms with Crippen molar-refractivity contribution >= 4 is 33.3 Å². The minimum absolute atomic E-state index is 0.452. The Labute approximate surface area is 378 Å². The first-order chi connectivity index (χ1) is 32.3. The summed E-state index contributed by atoms with van der Waals surface area (Å²) >= 11 is 0. The summed E-state index contributed by atoms with van der Waals surface area (Å²) in [4.78, 5) is 2.58. The Morgan fingerprint density at radius 1 is 0.338 bits per heavy atom. The molecule has 10 aromatic carbocycles. The van der Waals surface area contributed by atoms with Crippen LogP contribution in [-0.2, 0) is 17.4 Å². The highest BCUT2D eigenvalue weighted by Gasteiger charge is 2.53. The number of benzene rings is 10. The van der Waals surface area contributed by atoms with Gasteiger partial charge in [-0.15, -0.1) is 0 Å². The van der Waals surface area contributed by atoms with E-state index in [1.807, 2.05) is 0 Å². The van der Waals surface area contributed by atoms with Gasteiger partial charge in [-0.1, -0.05) is 200 Å². The van der Waals surface area contributed by atoms with E-state index in [1.165, 1.54) is 89.1 Å². The molecule has 0 radical (unpaired) electrons. The summed E-state index contributed by atoms with van der Waals surface area (Å²) in [5.41, 5.74) is 22.3. The van der Waals surface area contributed by atoms with Crippen LogP contribution in [0.4, 0.5) is 11.4 Å². The Bertz CT molecular complexity index is 3620. The molecule has 1 heterocycles. The van der Waals surface area contributed by atoms with E-state index in [9.17, 15) is 0 Å². The third-order valence-electron chi connectivity index (χ3n) is 14.9. The van der Waals surface area contributed by atoms with Crippen LogP contribution in [0.3, 0.4) is 0 Å². The lowest BCUT2D eigenvalue weighted by atomic mass is 9.66. The van der Waals surface area contributed by atoms with Crippen molar-refractivity contribution < 1.29 is 4.42 Å². The maximum absolute atomic E-state index is 6.84. The molecule has 304 valence electrons. The molecule has 0 unspecified atom stereocenters. The van der Waals surface area contributed by atoms with E-state index in [-0.39, 0.29) is 0 Å². The van der Waals surface area contributed by atoms with E-state index in [1.54, 1.807) is 0 Å². The molecule has 3 aliphatic carbocycles. The first-order valence-electron chi connectivity index (χ1n) is 22.7. The summed E-state index contributed by atoms with van der Waals surface area (Å²) < 4.78 is 6.84. The van der Waals surface area contributed by atoms with E-state index in [4.69, 9.17) is 4.42 Å². The molecule has 0 N–H and O–H groups in total. The van der Waals surface area contributed by atoms with Crippen molar-refractivity contribution in [3.63, 3.8) is 0 Å². The van der Waals surface area contributed by atoms with Crippen molar-refractivity contribution in [1.29, 1.82) is 0 Å². The normalized spacial score (nSPS) is 14.2. The zero-order valence-electron chi connectivity index (χ0n) is 35.6. The van der Waals surface area contributed by atoms with Crippen LogP contribution < -0.4 is 4.90 Å². The number of hydrogen-bond donors (Lipinski definition) is 0. The molecule has 1 spiro atoms. The predicted octanol–water partition coefficient (Wildman–Crippen LogP) is 15.6. The zero-order valence-corrected chi connectivity index (χ0v) is 35.6. The van der Waals surface area contributed by atoms with Gasteiger partial charge in [-0.25, -0.2) is 0 Å². The highest BCUT2D eigenvalue weighted by Crippen LogP contribution is 2.65. The van der Waals surface area contributed by atoms with E-state index in [2.05, 4.69) is 241 Å². The molecule has 0 bridgehead atoms. The van der Waals surface area contributed by atoms with Gasteiger partial charge in [0.05, 0.1) is 10.8 Å². The number of para-hydroxylation sites is 2. The van der Waals surface area contributed by atoms with Crippen LogP contribution in [0.15, 0.2) is 241 Å². The van der Waals surface area contributed by atoms with E-state index >= 15 is 0 Å². The van der Waals surface area contributed by atoms with E-state index in [0.717, 1.165) is 27.6 Å². The Morgan fingerprint density at radius 3 is 1.43 bits per heavy atom. The van der Waals surface area contributed by atoms with Gasteiger partial charge >= 0.3 is 0 Å². The van der Waals surface area contributed by atoms with Gasteiger partial charge < -0.3 is 9.32 Å². The monoisotopic (exact) mass is 827 g/mol. The van der Waals surface area contributed by atoms with E-state index < -0.39 is 10.8 Å². The van der Waals surface area contributed by atoms with Gasteiger partial charge in [0.1, 0.15) is 11.2 Å². The molecule has 0 amide bonds. The predicted molar refractivity (Wildman–Crippen MR) is 266 cm³/mol. The van der Waals surface area contributed by atoms with Crippen LogP contribution in [0, 0.1) is 0 Å². The van der Waals surface area contributed by atoms with Crippen LogP contribution in [0.5, 0.6) is 0 Å². The largest absolute Gasteiger partial charge is 0.456 e. The van der Waals surface area contributed by atoms with Crippen molar-refractivity contribution in [3.8, 4) is 33.4 Å². The summed E-state index contributed by atoms with van der Waals surface area (Å²) in [6, 6.07) is 87.9. The molecule has 14 rings (SSSR count). The van der Waals surface area contributed by atoms with Gasteiger partial charge in [0, 0.05) is 34.3 Å². The fourth-order valence-electron chi connectivity index (χ4n) is 12.4. The molecule has 0 fully saturated rings. The zero-order chi connectivity index (χ0) is 42.7. The molecule has 0 saturated heterocycles. The average Bonchev–Trinajstić information content (AvgIpc) is 4.08. The van der Waals surface area contributed by atoms with Gasteiger partial charge in [0.2, 0.25) is 0 Å². The number of rotatable bonds is 6. The maximum atomic E-state index is 6.84. The molecule has 0 aliphatic heterocycles. The highest BCUT2D eigenvalue weighted by atomic mass is 16.3. The quantitative estimate of drug-likeness (QED) is 0.166. The maximum Gasteiger partial charge on any atom is 0.135 e. The average molecular weight is 828 g/mol. The summed E-state index contributed by atoms with van der Waals surface area (Å²) in [6.07, 6.45) is 0. The lowest BCUT2D eigenvalue weighted by molar-refractivity contribution is 0.664. The number of fused-ring (bicyclic) bond motifs is 16. The molecule has 2 nitrogen and oxygen atoms in total. The standard InChI is InChI=1S/C63H41NO/c1-3-20-42(21-4-1)62(51-30-13-7-24-44(51)45-25-8-14-31-52(45)62)57-39-60-50(48-28-12-18-37-59(48)65-60)38-41(57)40-64(43-22-5-2-6-23-43)58-36-19-35-56-61(58)49-29-11-17-34-55(49)63(56)53-32-15-9-26-46(53)47-27-10-16-33-54(47)63/h1-39H,40H2. The van der Waals surface area contributed by atoms with Crippen LogP contribution in [-0.4, -0.2) is 0 Å². The Kier molecular flexibility index (Phi) is 7.62. The molecule has 65 heavy (non-hydrogen) atoms. The summed E-state index contributed by atoms with van der Waals surface area (Å²) in [5, 5.41) is 2.24. The first-order valence-corrected chi connectivity index (χ1v) is 22.7. The van der Waals surface area contributed by atoms with Crippen molar-refractivity contribution in [1.82, 2.24) is 0 Å². The Morgan fingerprint density at radius 2 is 0.815 bits per heavy atom. The van der Waals surface area contributed by atoms with Crippen molar-refractivity contribution in [2.45, 2.75) is 17.4 Å². The Balaban J connectivity index is 1.08. The molecule has 0 atom stereocenters. The van der Waals surface area contributed by atoms with Gasteiger partial charge in [-0.3, -0.25) is 0 Å². The van der Waals surface area contributed by atoms with Crippen molar-refractivity contribution in [3.05, 3.63) is 287 Å². The Hall–Kier alpha value is -8.20. The minimum Gasteiger partial charge on any atom is -0.456 e. The molecule has 0 saturated carbocycles. The van der Waals surface area contributed by atoms with E-state index in [0.29, 0.717) is 6.54 Å². The lowest BCUT2D eigenvalue weighted by Crippen LogP contribution is -2.31. The van der Waals surface area contributed by atoms with Crippen LogP contribution in [0.1, 0.15) is 50.1 Å². The third kappa shape index (κ3) is 4.78.